The second-order valence-electron chi connectivity index (χ2n) is 3.74. The van der Waals surface area contributed by atoms with E-state index in [1.165, 1.54) is 25.6 Å². The molecule has 0 spiro atoms. The highest BCUT2D eigenvalue weighted by atomic mass is 35.5. The molecule has 0 saturated heterocycles. The molecule has 0 aromatic carbocycles. The highest BCUT2D eigenvalue weighted by Crippen LogP contribution is 2.29. The summed E-state index contributed by atoms with van der Waals surface area (Å²) in [6, 6.07) is 0. The van der Waals surface area contributed by atoms with E-state index in [-0.39, 0.29) is 5.76 Å². The minimum absolute atomic E-state index is 0.196. The highest BCUT2D eigenvalue weighted by Gasteiger charge is 2.14. The van der Waals surface area contributed by atoms with Gasteiger partial charge in [-0.15, -0.1) is 23.4 Å². The standard InChI is InChI=1S/C13H19ClO4S/c1-9(17-11(3)15)13(10(2)18-12(4)16)19-8-6-5-7-14/h1,5-8H2,2-4H3/b13-10+. The van der Waals surface area contributed by atoms with Crippen LogP contribution in [0.1, 0.15) is 33.6 Å². The van der Waals surface area contributed by atoms with Gasteiger partial charge in [0, 0.05) is 19.7 Å². The van der Waals surface area contributed by atoms with E-state index in [1.54, 1.807) is 6.92 Å². The van der Waals surface area contributed by atoms with Gasteiger partial charge in [0.15, 0.2) is 0 Å². The molecule has 0 aliphatic rings. The van der Waals surface area contributed by atoms with Crippen LogP contribution in [-0.2, 0) is 19.1 Å². The number of thioether (sulfide) groups is 1. The number of halogens is 1. The molecule has 0 aliphatic carbocycles. The van der Waals surface area contributed by atoms with Gasteiger partial charge in [-0.05, 0) is 25.5 Å². The maximum Gasteiger partial charge on any atom is 0.308 e. The molecule has 19 heavy (non-hydrogen) atoms. The molecule has 0 unspecified atom stereocenters. The van der Waals surface area contributed by atoms with Gasteiger partial charge in [-0.3, -0.25) is 9.59 Å². The van der Waals surface area contributed by atoms with Crippen LogP contribution in [0.5, 0.6) is 0 Å². The van der Waals surface area contributed by atoms with Crippen molar-refractivity contribution < 1.29 is 19.1 Å². The number of carbonyl (C=O) groups is 2. The van der Waals surface area contributed by atoms with E-state index >= 15 is 0 Å². The van der Waals surface area contributed by atoms with E-state index in [9.17, 15) is 9.59 Å². The molecule has 0 N–H and O–H groups in total. The average Bonchev–Trinajstić information content (AvgIpc) is 2.26. The van der Waals surface area contributed by atoms with Crippen LogP contribution in [0.15, 0.2) is 23.0 Å². The number of allylic oxidation sites excluding steroid dienone is 1. The number of hydrogen-bond donors (Lipinski definition) is 0. The van der Waals surface area contributed by atoms with Gasteiger partial charge in [0.2, 0.25) is 0 Å². The van der Waals surface area contributed by atoms with Crippen LogP contribution in [0, 0.1) is 0 Å². The second kappa shape index (κ2) is 9.92. The number of ether oxygens (including phenoxy) is 2. The zero-order chi connectivity index (χ0) is 14.8. The van der Waals surface area contributed by atoms with Crippen molar-refractivity contribution in [2.75, 3.05) is 11.6 Å². The van der Waals surface area contributed by atoms with Crippen molar-refractivity contribution >= 4 is 35.3 Å². The van der Waals surface area contributed by atoms with E-state index in [0.29, 0.717) is 16.5 Å². The third-order valence-electron chi connectivity index (χ3n) is 1.91. The minimum atomic E-state index is -0.459. The Balaban J connectivity index is 4.76. The van der Waals surface area contributed by atoms with Gasteiger partial charge >= 0.3 is 11.9 Å². The highest BCUT2D eigenvalue weighted by molar-refractivity contribution is 8.03. The SMILES string of the molecule is C=C(OC(C)=O)/C(SCCCCCl)=C(/C)OC(C)=O. The Hall–Kier alpha value is -0.940. The van der Waals surface area contributed by atoms with Gasteiger partial charge < -0.3 is 9.47 Å². The first-order chi connectivity index (χ1) is 8.88. The molecule has 108 valence electrons. The molecule has 0 fully saturated rings. The molecule has 0 saturated carbocycles. The summed E-state index contributed by atoms with van der Waals surface area (Å²) >= 11 is 7.03. The summed E-state index contributed by atoms with van der Waals surface area (Å²) in [7, 11) is 0. The average molecular weight is 307 g/mol. The lowest BCUT2D eigenvalue weighted by molar-refractivity contribution is -0.136. The smallest absolute Gasteiger partial charge is 0.308 e. The number of carbonyl (C=O) groups excluding carboxylic acids is 2. The van der Waals surface area contributed by atoms with Gasteiger partial charge in [-0.1, -0.05) is 6.58 Å². The Morgan fingerprint density at radius 2 is 1.68 bits per heavy atom. The molecule has 0 aliphatic heterocycles. The summed E-state index contributed by atoms with van der Waals surface area (Å²) in [4.78, 5) is 22.5. The maximum atomic E-state index is 11.0. The van der Waals surface area contributed by atoms with Crippen molar-refractivity contribution in [2.24, 2.45) is 0 Å². The van der Waals surface area contributed by atoms with Gasteiger partial charge in [0.25, 0.3) is 0 Å². The first-order valence-electron chi connectivity index (χ1n) is 5.84. The van der Waals surface area contributed by atoms with Crippen LogP contribution in [-0.4, -0.2) is 23.6 Å². The Morgan fingerprint density at radius 1 is 1.11 bits per heavy atom. The lowest BCUT2D eigenvalue weighted by Gasteiger charge is -2.13. The number of hydrogen-bond acceptors (Lipinski definition) is 5. The molecule has 0 radical (unpaired) electrons. The molecule has 0 aromatic rings. The molecular formula is C13H19ClO4S. The molecule has 0 rings (SSSR count). The van der Waals surface area contributed by atoms with Crippen LogP contribution in [0.3, 0.4) is 0 Å². The monoisotopic (exact) mass is 306 g/mol. The van der Waals surface area contributed by atoms with Crippen molar-refractivity contribution in [1.82, 2.24) is 0 Å². The lowest BCUT2D eigenvalue weighted by Crippen LogP contribution is -2.04. The zero-order valence-corrected chi connectivity index (χ0v) is 13.0. The number of rotatable bonds is 8. The predicted molar refractivity (Wildman–Crippen MR) is 77.8 cm³/mol. The lowest BCUT2D eigenvalue weighted by atomic mass is 10.4. The third-order valence-corrected chi connectivity index (χ3v) is 3.47. The number of unbranched alkanes of at least 4 members (excludes halogenated alkanes) is 1. The van der Waals surface area contributed by atoms with E-state index in [1.807, 2.05) is 0 Å². The Morgan fingerprint density at radius 3 is 2.16 bits per heavy atom. The van der Waals surface area contributed by atoms with Gasteiger partial charge in [0.05, 0.1) is 4.91 Å². The summed E-state index contributed by atoms with van der Waals surface area (Å²) in [6.07, 6.45) is 1.81. The predicted octanol–water partition coefficient (Wildman–Crippen LogP) is 3.61. The van der Waals surface area contributed by atoms with Crippen LogP contribution >= 0.6 is 23.4 Å². The van der Waals surface area contributed by atoms with Gasteiger partial charge in [0.1, 0.15) is 11.5 Å². The van der Waals surface area contributed by atoms with Crippen LogP contribution in [0.2, 0.25) is 0 Å². The Bertz CT molecular complexity index is 377. The van der Waals surface area contributed by atoms with Gasteiger partial charge in [-0.2, -0.15) is 0 Å². The zero-order valence-electron chi connectivity index (χ0n) is 11.5. The summed E-state index contributed by atoms with van der Waals surface area (Å²) in [5.41, 5.74) is 0. The van der Waals surface area contributed by atoms with E-state index in [0.717, 1.165) is 18.6 Å². The van der Waals surface area contributed by atoms with Crippen molar-refractivity contribution in [1.29, 1.82) is 0 Å². The van der Waals surface area contributed by atoms with Gasteiger partial charge in [-0.25, -0.2) is 0 Å². The normalized spacial score (nSPS) is 11.6. The number of esters is 2. The summed E-state index contributed by atoms with van der Waals surface area (Å²) in [5, 5.41) is 0. The largest absolute Gasteiger partial charge is 0.430 e. The quantitative estimate of drug-likeness (QED) is 0.225. The van der Waals surface area contributed by atoms with E-state index in [4.69, 9.17) is 21.1 Å². The summed E-state index contributed by atoms with van der Waals surface area (Å²) in [6.45, 7) is 7.93. The Labute approximate surface area is 123 Å². The first kappa shape index (κ1) is 18.1. The molecular weight excluding hydrogens is 288 g/mol. The first-order valence-corrected chi connectivity index (χ1v) is 7.36. The van der Waals surface area contributed by atoms with Crippen molar-refractivity contribution in [3.05, 3.63) is 23.0 Å². The van der Waals surface area contributed by atoms with E-state index < -0.39 is 11.9 Å². The molecule has 0 atom stereocenters. The molecule has 0 amide bonds. The van der Waals surface area contributed by atoms with E-state index in [2.05, 4.69) is 6.58 Å². The van der Waals surface area contributed by atoms with Crippen molar-refractivity contribution in [3.8, 4) is 0 Å². The fourth-order valence-electron chi connectivity index (χ4n) is 1.23. The topological polar surface area (TPSA) is 52.6 Å². The van der Waals surface area contributed by atoms with Crippen LogP contribution in [0.4, 0.5) is 0 Å². The third kappa shape index (κ3) is 8.72. The summed E-state index contributed by atoms with van der Waals surface area (Å²) < 4.78 is 9.96. The second-order valence-corrected chi connectivity index (χ2v) is 5.22. The van der Waals surface area contributed by atoms with Crippen molar-refractivity contribution in [3.63, 3.8) is 0 Å². The fraction of sp³-hybridized carbons (Fsp3) is 0.538. The molecule has 0 aromatic heterocycles. The minimum Gasteiger partial charge on any atom is -0.430 e. The number of alkyl halides is 1. The molecule has 0 heterocycles. The van der Waals surface area contributed by atoms with Crippen LogP contribution < -0.4 is 0 Å². The maximum absolute atomic E-state index is 11.0. The summed E-state index contributed by atoms with van der Waals surface area (Å²) in [5.74, 6) is 1.08. The Kier molecular flexibility index (Phi) is 9.43. The fourth-order valence-corrected chi connectivity index (χ4v) is 2.42. The molecule has 0 bridgehead atoms. The molecule has 6 heteroatoms. The van der Waals surface area contributed by atoms with Crippen molar-refractivity contribution in [2.45, 2.75) is 33.6 Å². The van der Waals surface area contributed by atoms with Crippen LogP contribution in [0.25, 0.3) is 0 Å². The molecule has 4 nitrogen and oxygen atoms in total.